The Balaban J connectivity index is 2.98. The summed E-state index contributed by atoms with van der Waals surface area (Å²) in [4.78, 5) is 9.53. The molecule has 1 radical (unpaired) electrons. The van der Waals surface area contributed by atoms with Crippen molar-refractivity contribution in [2.24, 2.45) is 5.73 Å². The summed E-state index contributed by atoms with van der Waals surface area (Å²) in [5.74, 6) is 0. The molecule has 0 bridgehead atoms. The van der Waals surface area contributed by atoms with Crippen LogP contribution in [-0.2, 0) is 4.79 Å². The van der Waals surface area contributed by atoms with E-state index in [1.165, 1.54) is 0 Å². The lowest BCUT2D eigenvalue weighted by Crippen LogP contribution is -2.29. The van der Waals surface area contributed by atoms with E-state index < -0.39 is 0 Å². The first kappa shape index (κ1) is 6.43. The fraction of sp³-hybridized carbons (Fsp3) is 0.750. The zero-order valence-corrected chi connectivity index (χ0v) is 4.29. The van der Waals surface area contributed by atoms with Crippen molar-refractivity contribution in [3.8, 4) is 0 Å². The molecule has 0 aliphatic heterocycles. The number of nitrogens with zero attached hydrogens (tertiary/aromatic N) is 1. The van der Waals surface area contributed by atoms with Gasteiger partial charge in [-0.3, -0.25) is 4.79 Å². The van der Waals surface area contributed by atoms with E-state index in [0.29, 0.717) is 6.41 Å². The molecular formula is C4H9N2O. The van der Waals surface area contributed by atoms with Crippen LogP contribution in [0.5, 0.6) is 0 Å². The van der Waals surface area contributed by atoms with E-state index in [9.17, 15) is 4.79 Å². The van der Waals surface area contributed by atoms with Gasteiger partial charge in [-0.2, -0.15) is 0 Å². The Kier molecular flexibility index (Phi) is 3.32. The zero-order valence-electron chi connectivity index (χ0n) is 4.29. The predicted octanol–water partition coefficient (Wildman–Crippen LogP) is -0.558. The highest BCUT2D eigenvalue weighted by molar-refractivity contribution is 5.45. The van der Waals surface area contributed by atoms with Crippen LogP contribution in [-0.4, -0.2) is 12.6 Å². The molecule has 0 saturated heterocycles. The summed E-state index contributed by atoms with van der Waals surface area (Å²) in [6, 6.07) is 0. The van der Waals surface area contributed by atoms with Gasteiger partial charge in [-0.1, -0.05) is 6.92 Å². The Morgan fingerprint density at radius 2 is 2.57 bits per heavy atom. The van der Waals surface area contributed by atoms with E-state index in [2.05, 4.69) is 5.32 Å². The first-order valence-corrected chi connectivity index (χ1v) is 2.20. The van der Waals surface area contributed by atoms with Gasteiger partial charge in [0.15, 0.2) is 0 Å². The van der Waals surface area contributed by atoms with Crippen molar-refractivity contribution in [3.05, 3.63) is 0 Å². The van der Waals surface area contributed by atoms with E-state index in [1.54, 1.807) is 0 Å². The number of amides is 1. The third-order valence-electron chi connectivity index (χ3n) is 0.671. The van der Waals surface area contributed by atoms with Crippen LogP contribution in [0.2, 0.25) is 0 Å². The minimum Gasteiger partial charge on any atom is -0.310 e. The molecule has 3 heteroatoms. The third kappa shape index (κ3) is 3.26. The number of nitrogens with two attached hydrogens (primary N) is 1. The highest BCUT2D eigenvalue weighted by Crippen LogP contribution is 1.76. The normalized spacial score (nSPS) is 12.9. The molecule has 0 fully saturated rings. The van der Waals surface area contributed by atoms with Gasteiger partial charge in [0, 0.05) is 0 Å². The second kappa shape index (κ2) is 3.61. The van der Waals surface area contributed by atoms with E-state index in [0.717, 1.165) is 6.42 Å². The van der Waals surface area contributed by atoms with Crippen LogP contribution in [0.15, 0.2) is 0 Å². The third-order valence-corrected chi connectivity index (χ3v) is 0.671. The van der Waals surface area contributed by atoms with Gasteiger partial charge in [0.2, 0.25) is 6.41 Å². The number of carbonyl (C=O) groups is 1. The Morgan fingerprint density at radius 1 is 2.00 bits per heavy atom. The fourth-order valence-corrected chi connectivity index (χ4v) is 0.184. The lowest BCUT2D eigenvalue weighted by atomic mass is 10.4. The molecule has 0 aromatic heterocycles. The molecule has 1 atom stereocenters. The largest absolute Gasteiger partial charge is 0.310 e. The minimum absolute atomic E-state index is 0.294. The standard InChI is InChI=1S/C4H9N2O/c1-2-4(5)6-3-7/h3-4H,2,5H2,1H3. The Labute approximate surface area is 42.9 Å². The molecule has 1 unspecified atom stereocenters. The van der Waals surface area contributed by atoms with Crippen molar-refractivity contribution in [2.45, 2.75) is 19.5 Å². The first-order valence-electron chi connectivity index (χ1n) is 2.20. The van der Waals surface area contributed by atoms with Crippen molar-refractivity contribution in [1.29, 1.82) is 0 Å². The summed E-state index contributed by atoms with van der Waals surface area (Å²) >= 11 is 0. The molecule has 0 aromatic carbocycles. The molecule has 7 heavy (non-hydrogen) atoms. The lowest BCUT2D eigenvalue weighted by molar-refractivity contribution is -0.110. The van der Waals surface area contributed by atoms with Crippen molar-refractivity contribution in [3.63, 3.8) is 0 Å². The van der Waals surface area contributed by atoms with Crippen LogP contribution in [0.25, 0.3) is 0 Å². The fourth-order valence-electron chi connectivity index (χ4n) is 0.184. The van der Waals surface area contributed by atoms with Gasteiger partial charge in [-0.05, 0) is 6.42 Å². The molecule has 1 amide bonds. The van der Waals surface area contributed by atoms with E-state index in [-0.39, 0.29) is 6.17 Å². The summed E-state index contributed by atoms with van der Waals surface area (Å²) in [7, 11) is 0. The van der Waals surface area contributed by atoms with Crippen LogP contribution >= 0.6 is 0 Å². The Morgan fingerprint density at radius 3 is 2.71 bits per heavy atom. The lowest BCUT2D eigenvalue weighted by Gasteiger charge is -1.99. The van der Waals surface area contributed by atoms with Gasteiger partial charge in [0.1, 0.15) is 6.17 Å². The van der Waals surface area contributed by atoms with Crippen LogP contribution < -0.4 is 11.1 Å². The molecule has 41 valence electrons. The van der Waals surface area contributed by atoms with Gasteiger partial charge in [0.05, 0.1) is 0 Å². The van der Waals surface area contributed by atoms with Crippen LogP contribution in [0, 0.1) is 0 Å². The topological polar surface area (TPSA) is 57.2 Å². The molecule has 0 aliphatic rings. The maximum Gasteiger partial charge on any atom is 0.229 e. The Bertz CT molecular complexity index is 55.7. The quantitative estimate of drug-likeness (QED) is 0.484. The summed E-state index contributed by atoms with van der Waals surface area (Å²) in [5, 5.41) is 3.34. The summed E-state index contributed by atoms with van der Waals surface area (Å²) < 4.78 is 0. The molecule has 0 aromatic rings. The highest BCUT2D eigenvalue weighted by Gasteiger charge is 1.92. The van der Waals surface area contributed by atoms with Crippen LogP contribution in [0.3, 0.4) is 0 Å². The van der Waals surface area contributed by atoms with E-state index in [4.69, 9.17) is 5.73 Å². The highest BCUT2D eigenvalue weighted by atomic mass is 16.1. The number of rotatable bonds is 3. The van der Waals surface area contributed by atoms with E-state index >= 15 is 0 Å². The Hall–Kier alpha value is -0.570. The van der Waals surface area contributed by atoms with Gasteiger partial charge < -0.3 is 5.73 Å². The van der Waals surface area contributed by atoms with Gasteiger partial charge in [-0.15, -0.1) is 0 Å². The predicted molar refractivity (Wildman–Crippen MR) is 26.5 cm³/mol. The van der Waals surface area contributed by atoms with Crippen LogP contribution in [0.1, 0.15) is 13.3 Å². The molecule has 2 N–H and O–H groups in total. The average Bonchev–Trinajstić information content (AvgIpc) is 1.68. The SMILES string of the molecule is CCC(N)[N]C=O. The van der Waals surface area contributed by atoms with Gasteiger partial charge in [0.25, 0.3) is 0 Å². The van der Waals surface area contributed by atoms with Gasteiger partial charge in [-0.25, -0.2) is 5.32 Å². The zero-order chi connectivity index (χ0) is 5.70. The summed E-state index contributed by atoms with van der Waals surface area (Å²) in [6.07, 6.45) is 0.907. The maximum absolute atomic E-state index is 9.53. The first-order chi connectivity index (χ1) is 3.31. The molecule has 0 saturated carbocycles. The average molecular weight is 101 g/mol. The van der Waals surface area contributed by atoms with Crippen molar-refractivity contribution in [1.82, 2.24) is 5.32 Å². The van der Waals surface area contributed by atoms with E-state index in [1.807, 2.05) is 6.92 Å². The number of hydrogen-bond donors (Lipinski definition) is 1. The summed E-state index contributed by atoms with van der Waals surface area (Å²) in [6.45, 7) is 1.87. The monoisotopic (exact) mass is 101 g/mol. The maximum atomic E-state index is 9.53. The van der Waals surface area contributed by atoms with Crippen molar-refractivity contribution in [2.75, 3.05) is 0 Å². The van der Waals surface area contributed by atoms with Crippen molar-refractivity contribution < 1.29 is 4.79 Å². The molecule has 0 spiro atoms. The number of carbonyl (C=O) groups excluding carboxylic acids is 1. The molecule has 0 rings (SSSR count). The molecule has 0 aliphatic carbocycles. The minimum atomic E-state index is -0.294. The molecule has 0 heterocycles. The van der Waals surface area contributed by atoms with Gasteiger partial charge >= 0.3 is 0 Å². The molecule has 3 nitrogen and oxygen atoms in total. The molecular weight excluding hydrogens is 92.1 g/mol. The summed E-state index contributed by atoms with van der Waals surface area (Å²) in [5.41, 5.74) is 5.19. The smallest absolute Gasteiger partial charge is 0.229 e. The number of hydrogen-bond acceptors (Lipinski definition) is 2. The van der Waals surface area contributed by atoms with Crippen molar-refractivity contribution >= 4 is 6.41 Å². The van der Waals surface area contributed by atoms with Crippen LogP contribution in [0.4, 0.5) is 0 Å². The second-order valence-electron chi connectivity index (χ2n) is 1.23. The second-order valence-corrected chi connectivity index (χ2v) is 1.23.